The van der Waals surface area contributed by atoms with Gasteiger partial charge in [0.1, 0.15) is 23.7 Å². The number of carbonyl (C=O) groups is 1. The Morgan fingerprint density at radius 2 is 1.75 bits per heavy atom. The van der Waals surface area contributed by atoms with Gasteiger partial charge in [0.25, 0.3) is 0 Å². The second-order valence-electron chi connectivity index (χ2n) is 7.53. The van der Waals surface area contributed by atoms with Crippen molar-refractivity contribution in [2.75, 3.05) is 6.61 Å². The summed E-state index contributed by atoms with van der Waals surface area (Å²) in [4.78, 5) is 23.0. The van der Waals surface area contributed by atoms with E-state index in [1.165, 1.54) is 17.2 Å². The third kappa shape index (κ3) is 7.18. The molecule has 0 aliphatic rings. The average molecular weight is 383 g/mol. The van der Waals surface area contributed by atoms with E-state index in [0.717, 1.165) is 24.6 Å². The zero-order valence-corrected chi connectivity index (χ0v) is 17.3. The number of benzene rings is 1. The van der Waals surface area contributed by atoms with E-state index in [1.807, 2.05) is 26.0 Å². The Balaban J connectivity index is 1.77. The predicted molar refractivity (Wildman–Crippen MR) is 114 cm³/mol. The summed E-state index contributed by atoms with van der Waals surface area (Å²) in [6.07, 6.45) is 7.69. The summed E-state index contributed by atoms with van der Waals surface area (Å²) < 4.78 is 10.9. The molecule has 0 radical (unpaired) electrons. The number of ether oxygens (including phenoxy) is 1. The largest absolute Gasteiger partial charge is 0.489 e. The van der Waals surface area contributed by atoms with Crippen LogP contribution in [0.4, 0.5) is 0 Å². The average Bonchev–Trinajstić information content (AvgIpc) is 2.65. The van der Waals surface area contributed by atoms with Crippen LogP contribution in [-0.2, 0) is 4.79 Å². The zero-order chi connectivity index (χ0) is 20.5. The molecule has 0 bridgehead atoms. The van der Waals surface area contributed by atoms with Crippen LogP contribution in [0.25, 0.3) is 11.0 Å². The van der Waals surface area contributed by atoms with Gasteiger partial charge in [-0.2, -0.15) is 0 Å². The van der Waals surface area contributed by atoms with E-state index in [-0.39, 0.29) is 11.5 Å². The Labute approximate surface area is 166 Å². The lowest BCUT2D eigenvalue weighted by atomic mass is 10.0. The van der Waals surface area contributed by atoms with E-state index in [0.29, 0.717) is 30.1 Å². The van der Waals surface area contributed by atoms with Gasteiger partial charge < -0.3 is 9.15 Å². The van der Waals surface area contributed by atoms with E-state index < -0.39 is 0 Å². The van der Waals surface area contributed by atoms with Gasteiger partial charge in [-0.05, 0) is 57.4 Å². The van der Waals surface area contributed by atoms with E-state index in [4.69, 9.17) is 9.15 Å². The van der Waals surface area contributed by atoms with Gasteiger partial charge in [0.15, 0.2) is 0 Å². The second kappa shape index (κ2) is 10.6. The molecule has 0 fully saturated rings. The first-order valence-electron chi connectivity index (χ1n) is 9.86. The highest BCUT2D eigenvalue weighted by atomic mass is 16.5. The van der Waals surface area contributed by atoms with Gasteiger partial charge in [0, 0.05) is 29.9 Å². The van der Waals surface area contributed by atoms with Crippen LogP contribution in [0, 0.1) is 5.92 Å². The van der Waals surface area contributed by atoms with E-state index in [1.54, 1.807) is 12.1 Å². The maximum Gasteiger partial charge on any atom is 0.336 e. The smallest absolute Gasteiger partial charge is 0.336 e. The molecule has 2 rings (SSSR count). The summed E-state index contributed by atoms with van der Waals surface area (Å²) in [6.45, 7) is 8.55. The molecule has 4 nitrogen and oxygen atoms in total. The Kier molecular flexibility index (Phi) is 8.24. The molecular weight excluding hydrogens is 352 g/mol. The maximum absolute atomic E-state index is 11.7. The molecule has 1 aromatic heterocycles. The van der Waals surface area contributed by atoms with Gasteiger partial charge in [-0.25, -0.2) is 4.79 Å². The van der Waals surface area contributed by atoms with Crippen molar-refractivity contribution in [3.63, 3.8) is 0 Å². The van der Waals surface area contributed by atoms with Crippen LogP contribution in [-0.4, -0.2) is 12.4 Å². The second-order valence-corrected chi connectivity index (χ2v) is 7.53. The number of fused-ring (bicyclic) bond motifs is 1. The van der Waals surface area contributed by atoms with Crippen molar-refractivity contribution in [2.24, 2.45) is 5.92 Å². The molecule has 28 heavy (non-hydrogen) atoms. The van der Waals surface area contributed by atoms with E-state index in [9.17, 15) is 9.59 Å². The van der Waals surface area contributed by atoms with Gasteiger partial charge >= 0.3 is 5.63 Å². The van der Waals surface area contributed by atoms with Crippen molar-refractivity contribution in [3.05, 3.63) is 64.1 Å². The fraction of sp³-hybridized carbons (Fsp3) is 0.417. The number of ketones is 1. The Morgan fingerprint density at radius 3 is 2.50 bits per heavy atom. The van der Waals surface area contributed by atoms with Gasteiger partial charge in [-0.15, -0.1) is 0 Å². The number of hydrogen-bond acceptors (Lipinski definition) is 4. The van der Waals surface area contributed by atoms with Crippen molar-refractivity contribution >= 4 is 16.8 Å². The van der Waals surface area contributed by atoms with Crippen molar-refractivity contribution in [1.29, 1.82) is 0 Å². The van der Waals surface area contributed by atoms with Gasteiger partial charge in [-0.3, -0.25) is 4.79 Å². The molecule has 0 saturated carbocycles. The number of carbonyl (C=O) groups excluding carboxylic acids is 1. The van der Waals surface area contributed by atoms with Crippen molar-refractivity contribution in [3.8, 4) is 5.75 Å². The summed E-state index contributed by atoms with van der Waals surface area (Å²) in [5, 5.41) is 0.871. The lowest BCUT2D eigenvalue weighted by molar-refractivity contribution is -0.121. The number of Topliss-reactive ketones (excluding diaryl/α,β-unsaturated/α-hetero) is 1. The lowest BCUT2D eigenvalue weighted by Gasteiger charge is -2.06. The van der Waals surface area contributed by atoms with Gasteiger partial charge in [-0.1, -0.05) is 31.1 Å². The van der Waals surface area contributed by atoms with Crippen LogP contribution in [0.3, 0.4) is 0 Å². The summed E-state index contributed by atoms with van der Waals surface area (Å²) >= 11 is 0. The molecule has 1 aromatic carbocycles. The van der Waals surface area contributed by atoms with Gasteiger partial charge in [0.05, 0.1) is 0 Å². The van der Waals surface area contributed by atoms with Crippen molar-refractivity contribution in [1.82, 2.24) is 0 Å². The fourth-order valence-electron chi connectivity index (χ4n) is 2.77. The van der Waals surface area contributed by atoms with Crippen LogP contribution in [0.15, 0.2) is 62.8 Å². The Hall–Kier alpha value is -2.62. The molecule has 4 heteroatoms. The van der Waals surface area contributed by atoms with Crippen molar-refractivity contribution in [2.45, 2.75) is 53.4 Å². The minimum atomic E-state index is -0.364. The minimum Gasteiger partial charge on any atom is -0.489 e. The zero-order valence-electron chi connectivity index (χ0n) is 17.3. The number of allylic oxidation sites excluding steroid dienone is 3. The molecule has 0 atom stereocenters. The maximum atomic E-state index is 11.7. The number of hydrogen-bond donors (Lipinski definition) is 0. The normalized spacial score (nSPS) is 12.6. The first kappa shape index (κ1) is 21.7. The first-order valence-corrected chi connectivity index (χ1v) is 9.86. The molecular formula is C24H30O4. The van der Waals surface area contributed by atoms with Crippen LogP contribution < -0.4 is 10.4 Å². The Bertz CT molecular complexity index is 916. The quantitative estimate of drug-likeness (QED) is 0.382. The number of rotatable bonds is 10. The highest BCUT2D eigenvalue weighted by molar-refractivity contribution is 5.80. The molecule has 1 heterocycles. The first-order chi connectivity index (χ1) is 13.3. The molecule has 0 aliphatic carbocycles. The topological polar surface area (TPSA) is 56.5 Å². The minimum absolute atomic E-state index is 0.122. The molecule has 150 valence electrons. The molecule has 0 aliphatic heterocycles. The van der Waals surface area contributed by atoms with E-state index >= 15 is 0 Å². The third-order valence-electron chi connectivity index (χ3n) is 4.72. The molecule has 0 N–H and O–H groups in total. The summed E-state index contributed by atoms with van der Waals surface area (Å²) in [7, 11) is 0. The summed E-state index contributed by atoms with van der Waals surface area (Å²) in [5.41, 5.74) is 2.70. The van der Waals surface area contributed by atoms with Crippen LogP contribution in [0.2, 0.25) is 0 Å². The highest BCUT2D eigenvalue weighted by Gasteiger charge is 2.06. The fourth-order valence-corrected chi connectivity index (χ4v) is 2.77. The SMILES string of the molecule is C/C(=C\COc1ccc2ccc(=O)oc2c1)CC/C=C(\C)CCC(=O)C(C)C. The summed E-state index contributed by atoms with van der Waals surface area (Å²) in [6, 6.07) is 8.64. The highest BCUT2D eigenvalue weighted by Crippen LogP contribution is 2.19. The standard InChI is InChI=1S/C24H30O4/c1-17(2)22(25)12-8-18(3)6-5-7-19(4)14-15-27-21-11-9-20-10-13-24(26)28-23(20)16-21/h6,9-11,13-14,16-17H,5,7-8,12,15H2,1-4H3/b18-6+,19-14+. The predicted octanol–water partition coefficient (Wildman–Crippen LogP) is 5.85. The van der Waals surface area contributed by atoms with Crippen LogP contribution in [0.5, 0.6) is 5.75 Å². The van der Waals surface area contributed by atoms with E-state index in [2.05, 4.69) is 26.0 Å². The van der Waals surface area contributed by atoms with Gasteiger partial charge in [0.2, 0.25) is 0 Å². The van der Waals surface area contributed by atoms with Crippen LogP contribution in [0.1, 0.15) is 53.4 Å². The van der Waals surface area contributed by atoms with Crippen molar-refractivity contribution < 1.29 is 13.9 Å². The molecule has 0 amide bonds. The monoisotopic (exact) mass is 382 g/mol. The third-order valence-corrected chi connectivity index (χ3v) is 4.72. The molecule has 0 unspecified atom stereocenters. The lowest BCUT2D eigenvalue weighted by Crippen LogP contribution is -2.06. The molecule has 0 spiro atoms. The Morgan fingerprint density at radius 1 is 1.04 bits per heavy atom. The van der Waals surface area contributed by atoms with Crippen LogP contribution >= 0.6 is 0 Å². The molecule has 2 aromatic rings. The summed E-state index contributed by atoms with van der Waals surface area (Å²) in [5.74, 6) is 1.13. The molecule has 0 saturated heterocycles.